The Morgan fingerprint density at radius 1 is 1.18 bits per heavy atom. The van der Waals surface area contributed by atoms with E-state index in [1.165, 1.54) is 20.9 Å². The van der Waals surface area contributed by atoms with E-state index in [0.717, 1.165) is 18.8 Å². The van der Waals surface area contributed by atoms with Crippen LogP contribution >= 0.6 is 11.3 Å². The van der Waals surface area contributed by atoms with Gasteiger partial charge in [-0.25, -0.2) is 0 Å². The van der Waals surface area contributed by atoms with Crippen molar-refractivity contribution in [3.63, 3.8) is 0 Å². The van der Waals surface area contributed by atoms with E-state index in [-0.39, 0.29) is 0 Å². The summed E-state index contributed by atoms with van der Waals surface area (Å²) in [5.41, 5.74) is 3.70. The average molecular weight is 246 g/mol. The van der Waals surface area contributed by atoms with Crippen molar-refractivity contribution in [2.75, 3.05) is 0 Å². The predicted molar refractivity (Wildman–Crippen MR) is 73.3 cm³/mol. The maximum absolute atomic E-state index is 4.29. The molecule has 0 aliphatic heterocycles. The van der Waals surface area contributed by atoms with E-state index >= 15 is 0 Å². The molecule has 0 amide bonds. The average Bonchev–Trinajstić information content (AvgIpc) is 2.61. The number of thiophene rings is 1. The summed E-state index contributed by atoms with van der Waals surface area (Å²) in [6, 6.07) is 6.44. The van der Waals surface area contributed by atoms with Gasteiger partial charge < -0.3 is 5.32 Å². The van der Waals surface area contributed by atoms with Gasteiger partial charge in [0, 0.05) is 34.7 Å². The van der Waals surface area contributed by atoms with Crippen LogP contribution in [0.15, 0.2) is 24.4 Å². The fraction of sp³-hybridized carbons (Fsp3) is 0.357. The zero-order valence-electron chi connectivity index (χ0n) is 10.6. The van der Waals surface area contributed by atoms with Gasteiger partial charge in [0.15, 0.2) is 0 Å². The second-order valence-electron chi connectivity index (χ2n) is 4.36. The van der Waals surface area contributed by atoms with Crippen molar-refractivity contribution in [3.8, 4) is 0 Å². The number of hydrogen-bond donors (Lipinski definition) is 1. The molecule has 0 saturated heterocycles. The summed E-state index contributed by atoms with van der Waals surface area (Å²) in [6.45, 7) is 8.16. The molecule has 2 rings (SSSR count). The Bertz CT molecular complexity index is 466. The largest absolute Gasteiger partial charge is 0.308 e. The van der Waals surface area contributed by atoms with Crippen LogP contribution in [0.3, 0.4) is 0 Å². The van der Waals surface area contributed by atoms with E-state index in [0.29, 0.717) is 0 Å². The molecule has 90 valence electrons. The first-order valence-electron chi connectivity index (χ1n) is 5.83. The summed E-state index contributed by atoms with van der Waals surface area (Å²) in [5.74, 6) is 0. The van der Waals surface area contributed by atoms with Gasteiger partial charge in [-0.1, -0.05) is 6.07 Å². The second kappa shape index (κ2) is 5.43. The van der Waals surface area contributed by atoms with Gasteiger partial charge in [-0.2, -0.15) is 0 Å². The molecule has 2 heterocycles. The van der Waals surface area contributed by atoms with Gasteiger partial charge in [-0.3, -0.25) is 4.98 Å². The lowest BCUT2D eigenvalue weighted by molar-refractivity contribution is 0.698. The van der Waals surface area contributed by atoms with Crippen molar-refractivity contribution in [3.05, 3.63) is 51.0 Å². The summed E-state index contributed by atoms with van der Waals surface area (Å²) < 4.78 is 0. The molecule has 3 heteroatoms. The number of hydrogen-bond acceptors (Lipinski definition) is 3. The zero-order valence-corrected chi connectivity index (χ0v) is 11.4. The second-order valence-corrected chi connectivity index (χ2v) is 5.70. The van der Waals surface area contributed by atoms with Crippen LogP contribution < -0.4 is 5.32 Å². The van der Waals surface area contributed by atoms with E-state index in [9.17, 15) is 0 Å². The molecule has 0 aromatic carbocycles. The summed E-state index contributed by atoms with van der Waals surface area (Å²) >= 11 is 1.87. The number of rotatable bonds is 4. The summed E-state index contributed by atoms with van der Waals surface area (Å²) in [5, 5.41) is 3.45. The Hall–Kier alpha value is -1.19. The molecule has 0 saturated carbocycles. The first-order chi connectivity index (χ1) is 8.15. The van der Waals surface area contributed by atoms with Gasteiger partial charge in [0.05, 0.1) is 0 Å². The van der Waals surface area contributed by atoms with Gasteiger partial charge in [0.2, 0.25) is 0 Å². The molecular formula is C14H18N2S. The van der Waals surface area contributed by atoms with E-state index in [4.69, 9.17) is 0 Å². The van der Waals surface area contributed by atoms with Crippen molar-refractivity contribution in [2.45, 2.75) is 33.9 Å². The van der Waals surface area contributed by atoms with Crippen molar-refractivity contribution in [1.82, 2.24) is 10.3 Å². The van der Waals surface area contributed by atoms with E-state index in [1.807, 2.05) is 24.5 Å². The third-order valence-corrected chi connectivity index (χ3v) is 3.97. The van der Waals surface area contributed by atoms with Crippen LogP contribution in [0.25, 0.3) is 0 Å². The Morgan fingerprint density at radius 2 is 2.00 bits per heavy atom. The summed E-state index contributed by atoms with van der Waals surface area (Å²) in [7, 11) is 0. The monoisotopic (exact) mass is 246 g/mol. The van der Waals surface area contributed by atoms with Crippen molar-refractivity contribution < 1.29 is 0 Å². The number of nitrogens with one attached hydrogen (secondary N) is 1. The van der Waals surface area contributed by atoms with Crippen LogP contribution in [0.1, 0.15) is 26.6 Å². The number of aromatic nitrogens is 1. The Morgan fingerprint density at radius 3 is 2.59 bits per heavy atom. The van der Waals surface area contributed by atoms with Gasteiger partial charge in [-0.05, 0) is 44.0 Å². The molecule has 0 aliphatic rings. The minimum atomic E-state index is 0.878. The van der Waals surface area contributed by atoms with Crippen LogP contribution in [0, 0.1) is 20.8 Å². The maximum Gasteiger partial charge on any atom is 0.0372 e. The molecule has 0 bridgehead atoms. The van der Waals surface area contributed by atoms with Crippen LogP contribution in [0.4, 0.5) is 0 Å². The molecule has 2 nitrogen and oxygen atoms in total. The number of aryl methyl sites for hydroxylation is 3. The van der Waals surface area contributed by atoms with Gasteiger partial charge in [-0.15, -0.1) is 11.3 Å². The molecule has 0 spiro atoms. The van der Waals surface area contributed by atoms with E-state index < -0.39 is 0 Å². The van der Waals surface area contributed by atoms with Crippen LogP contribution in [0.5, 0.6) is 0 Å². The first-order valence-corrected chi connectivity index (χ1v) is 6.65. The van der Waals surface area contributed by atoms with Crippen molar-refractivity contribution in [1.29, 1.82) is 0 Å². The molecule has 0 radical (unpaired) electrons. The van der Waals surface area contributed by atoms with Gasteiger partial charge >= 0.3 is 0 Å². The molecule has 0 fully saturated rings. The summed E-state index contributed by atoms with van der Waals surface area (Å²) in [4.78, 5) is 7.10. The molecule has 0 unspecified atom stereocenters. The van der Waals surface area contributed by atoms with Gasteiger partial charge in [0.25, 0.3) is 0 Å². The number of nitrogens with zero attached hydrogens (tertiary/aromatic N) is 1. The number of pyridine rings is 1. The zero-order chi connectivity index (χ0) is 12.3. The van der Waals surface area contributed by atoms with E-state index in [1.54, 1.807) is 0 Å². The van der Waals surface area contributed by atoms with Crippen LogP contribution in [-0.2, 0) is 13.1 Å². The molecule has 0 atom stereocenters. The lowest BCUT2D eigenvalue weighted by Crippen LogP contribution is -2.11. The Kier molecular flexibility index (Phi) is 3.92. The standard InChI is InChI=1S/C14H18N2S/c1-10-6-14(17-12(10)3)9-15-7-13-5-4-11(2)16-8-13/h4-6,8,15H,7,9H2,1-3H3. The first kappa shape index (κ1) is 12.3. The van der Waals surface area contributed by atoms with E-state index in [2.05, 4.69) is 42.3 Å². The van der Waals surface area contributed by atoms with Crippen molar-refractivity contribution in [2.24, 2.45) is 0 Å². The third-order valence-electron chi connectivity index (χ3n) is 2.82. The highest BCUT2D eigenvalue weighted by Gasteiger charge is 2.01. The SMILES string of the molecule is Cc1ccc(CNCc2cc(C)c(C)s2)cn1. The van der Waals surface area contributed by atoms with Crippen LogP contribution in [0.2, 0.25) is 0 Å². The van der Waals surface area contributed by atoms with Gasteiger partial charge in [0.1, 0.15) is 0 Å². The quantitative estimate of drug-likeness (QED) is 0.894. The molecule has 17 heavy (non-hydrogen) atoms. The predicted octanol–water partition coefficient (Wildman–Crippen LogP) is 3.36. The molecular weight excluding hydrogens is 228 g/mol. The Labute approximate surface area is 107 Å². The highest BCUT2D eigenvalue weighted by molar-refractivity contribution is 7.12. The topological polar surface area (TPSA) is 24.9 Å². The molecule has 2 aromatic rings. The smallest absolute Gasteiger partial charge is 0.0372 e. The molecule has 2 aromatic heterocycles. The fourth-order valence-corrected chi connectivity index (χ4v) is 2.69. The normalized spacial score (nSPS) is 10.8. The molecule has 1 N–H and O–H groups in total. The molecule has 0 aliphatic carbocycles. The highest BCUT2D eigenvalue weighted by atomic mass is 32.1. The highest BCUT2D eigenvalue weighted by Crippen LogP contribution is 2.20. The van der Waals surface area contributed by atoms with Crippen LogP contribution in [-0.4, -0.2) is 4.98 Å². The Balaban J connectivity index is 1.85. The minimum Gasteiger partial charge on any atom is -0.308 e. The lowest BCUT2D eigenvalue weighted by Gasteiger charge is -2.03. The maximum atomic E-state index is 4.29. The summed E-state index contributed by atoms with van der Waals surface area (Å²) in [6.07, 6.45) is 1.94. The van der Waals surface area contributed by atoms with Crippen molar-refractivity contribution >= 4 is 11.3 Å². The fourth-order valence-electron chi connectivity index (χ4n) is 1.67. The third kappa shape index (κ3) is 3.38. The lowest BCUT2D eigenvalue weighted by atomic mass is 10.2. The minimum absolute atomic E-state index is 0.878.